The average Bonchev–Trinajstić information content (AvgIpc) is 2.84. The fourth-order valence-corrected chi connectivity index (χ4v) is 3.04. The van der Waals surface area contributed by atoms with Crippen LogP contribution in [0.4, 0.5) is 5.69 Å². The summed E-state index contributed by atoms with van der Waals surface area (Å²) in [5.41, 5.74) is 2.75. The van der Waals surface area contributed by atoms with Gasteiger partial charge in [0.1, 0.15) is 11.4 Å². The highest BCUT2D eigenvalue weighted by Crippen LogP contribution is 2.28. The number of hydrogen-bond acceptors (Lipinski definition) is 5. The number of methoxy groups -OCH3 is 3. The van der Waals surface area contributed by atoms with Gasteiger partial charge in [0.25, 0.3) is 11.8 Å². The third kappa shape index (κ3) is 6.13. The van der Waals surface area contributed by atoms with Crippen molar-refractivity contribution in [3.63, 3.8) is 0 Å². The molecule has 0 unspecified atom stereocenters. The first-order valence-electron chi connectivity index (χ1n) is 10.2. The normalized spacial score (nSPS) is 10.8. The van der Waals surface area contributed by atoms with Gasteiger partial charge in [0.05, 0.1) is 21.3 Å². The van der Waals surface area contributed by atoms with Crippen molar-refractivity contribution in [3.05, 3.63) is 89.1 Å². The number of amides is 2. The van der Waals surface area contributed by atoms with Gasteiger partial charge < -0.3 is 24.8 Å². The van der Waals surface area contributed by atoms with Crippen molar-refractivity contribution >= 4 is 23.6 Å². The molecule has 3 aromatic carbocycles. The lowest BCUT2D eigenvalue weighted by Gasteiger charge is -2.13. The molecule has 170 valence electrons. The van der Waals surface area contributed by atoms with Crippen LogP contribution in [0.15, 0.2) is 72.4 Å². The predicted molar refractivity (Wildman–Crippen MR) is 128 cm³/mol. The number of benzene rings is 3. The zero-order valence-electron chi connectivity index (χ0n) is 19.0. The van der Waals surface area contributed by atoms with Gasteiger partial charge in [0.15, 0.2) is 11.5 Å². The highest BCUT2D eigenvalue weighted by atomic mass is 16.5. The monoisotopic (exact) mass is 446 g/mol. The predicted octanol–water partition coefficient (Wildman–Crippen LogP) is 4.43. The molecule has 0 fully saturated rings. The van der Waals surface area contributed by atoms with Crippen LogP contribution in [0.5, 0.6) is 17.2 Å². The number of rotatable bonds is 8. The summed E-state index contributed by atoms with van der Waals surface area (Å²) in [7, 11) is 4.64. The van der Waals surface area contributed by atoms with Gasteiger partial charge in [-0.2, -0.15) is 0 Å². The molecule has 7 nitrogen and oxygen atoms in total. The van der Waals surface area contributed by atoms with Crippen LogP contribution in [0.25, 0.3) is 6.08 Å². The summed E-state index contributed by atoms with van der Waals surface area (Å²) in [6.07, 6.45) is 1.58. The van der Waals surface area contributed by atoms with Gasteiger partial charge in [-0.1, -0.05) is 23.8 Å². The first-order valence-corrected chi connectivity index (χ1v) is 10.2. The number of hydrogen-bond donors (Lipinski definition) is 2. The molecule has 0 bridgehead atoms. The largest absolute Gasteiger partial charge is 0.497 e. The molecule has 0 saturated heterocycles. The molecule has 0 heterocycles. The third-order valence-electron chi connectivity index (χ3n) is 4.87. The number of nitrogens with one attached hydrogen (secondary N) is 2. The van der Waals surface area contributed by atoms with E-state index in [4.69, 9.17) is 14.2 Å². The minimum atomic E-state index is -0.476. The maximum atomic E-state index is 13.1. The zero-order chi connectivity index (χ0) is 23.8. The summed E-state index contributed by atoms with van der Waals surface area (Å²) in [6, 6.07) is 19.2. The Kier molecular flexibility index (Phi) is 7.70. The van der Waals surface area contributed by atoms with Gasteiger partial charge in [0, 0.05) is 11.3 Å². The summed E-state index contributed by atoms with van der Waals surface area (Å²) >= 11 is 0. The highest BCUT2D eigenvalue weighted by Gasteiger charge is 2.16. The van der Waals surface area contributed by atoms with Crippen molar-refractivity contribution < 1.29 is 23.8 Å². The standard InChI is InChI=1S/C26H26N2O5/c1-17-5-8-19(9-6-17)25(29)28-22(15-18-7-14-23(32-3)24(16-18)33-4)26(30)27-20-10-12-21(31-2)13-11-20/h5-16H,1-4H3,(H,27,30)(H,28,29). The average molecular weight is 447 g/mol. The van der Waals surface area contributed by atoms with Gasteiger partial charge in [-0.15, -0.1) is 0 Å². The summed E-state index contributed by atoms with van der Waals surface area (Å²) in [4.78, 5) is 25.9. The maximum Gasteiger partial charge on any atom is 0.272 e. The Hall–Kier alpha value is -4.26. The molecule has 3 rings (SSSR count). The van der Waals surface area contributed by atoms with Gasteiger partial charge in [-0.3, -0.25) is 9.59 Å². The Balaban J connectivity index is 1.92. The second kappa shape index (κ2) is 10.9. The van der Waals surface area contributed by atoms with Crippen LogP contribution in [-0.4, -0.2) is 33.1 Å². The molecule has 3 aromatic rings. The molecule has 2 amide bonds. The van der Waals surface area contributed by atoms with E-state index in [1.165, 1.54) is 7.11 Å². The SMILES string of the molecule is COc1ccc(NC(=O)C(=Cc2ccc(OC)c(OC)c2)NC(=O)c2ccc(C)cc2)cc1. The van der Waals surface area contributed by atoms with Crippen molar-refractivity contribution in [2.24, 2.45) is 0 Å². The quantitative estimate of drug-likeness (QED) is 0.500. The molecule has 0 aromatic heterocycles. The number of anilines is 1. The molecule has 0 aliphatic carbocycles. The van der Waals surface area contributed by atoms with Crippen molar-refractivity contribution in [2.75, 3.05) is 26.6 Å². The molecule has 33 heavy (non-hydrogen) atoms. The molecule has 0 spiro atoms. The smallest absolute Gasteiger partial charge is 0.272 e. The summed E-state index contributed by atoms with van der Waals surface area (Å²) in [5, 5.41) is 5.52. The Morgan fingerprint density at radius 2 is 1.45 bits per heavy atom. The fourth-order valence-electron chi connectivity index (χ4n) is 3.04. The molecule has 7 heteroatoms. The van der Waals surface area contributed by atoms with Crippen LogP contribution in [0, 0.1) is 6.92 Å². The molecular formula is C26H26N2O5. The summed E-state index contributed by atoms with van der Waals surface area (Å²) in [5.74, 6) is 0.859. The first kappa shape index (κ1) is 23.4. The number of carbonyl (C=O) groups is 2. The van der Waals surface area contributed by atoms with E-state index in [0.717, 1.165) is 5.56 Å². The lowest BCUT2D eigenvalue weighted by molar-refractivity contribution is -0.113. The van der Waals surface area contributed by atoms with Crippen LogP contribution in [0.1, 0.15) is 21.5 Å². The molecular weight excluding hydrogens is 420 g/mol. The van der Waals surface area contributed by atoms with E-state index in [2.05, 4.69) is 10.6 Å². The van der Waals surface area contributed by atoms with E-state index in [1.54, 1.807) is 74.9 Å². The van der Waals surface area contributed by atoms with E-state index < -0.39 is 11.8 Å². The molecule has 0 saturated carbocycles. The Morgan fingerprint density at radius 3 is 2.06 bits per heavy atom. The molecule has 0 aliphatic heterocycles. The van der Waals surface area contributed by atoms with Crippen LogP contribution in [0.3, 0.4) is 0 Å². The van der Waals surface area contributed by atoms with Crippen LogP contribution in [0.2, 0.25) is 0 Å². The third-order valence-corrected chi connectivity index (χ3v) is 4.87. The second-order valence-corrected chi connectivity index (χ2v) is 7.18. The first-order chi connectivity index (χ1) is 15.9. The minimum absolute atomic E-state index is 0.0728. The lowest BCUT2D eigenvalue weighted by atomic mass is 10.1. The molecule has 2 N–H and O–H groups in total. The van der Waals surface area contributed by atoms with E-state index in [9.17, 15) is 9.59 Å². The maximum absolute atomic E-state index is 13.1. The molecule has 0 atom stereocenters. The van der Waals surface area contributed by atoms with Gasteiger partial charge >= 0.3 is 0 Å². The van der Waals surface area contributed by atoms with Crippen molar-refractivity contribution in [1.82, 2.24) is 5.32 Å². The number of carbonyl (C=O) groups excluding carboxylic acids is 2. The Labute approximate surface area is 193 Å². The van der Waals surface area contributed by atoms with Crippen molar-refractivity contribution in [2.45, 2.75) is 6.92 Å². The zero-order valence-corrected chi connectivity index (χ0v) is 19.0. The van der Waals surface area contributed by atoms with Gasteiger partial charge in [-0.05, 0) is 67.1 Å². The minimum Gasteiger partial charge on any atom is -0.497 e. The van der Waals surface area contributed by atoms with Gasteiger partial charge in [-0.25, -0.2) is 0 Å². The molecule has 0 aliphatic rings. The van der Waals surface area contributed by atoms with Crippen LogP contribution < -0.4 is 24.8 Å². The second-order valence-electron chi connectivity index (χ2n) is 7.18. The molecule has 0 radical (unpaired) electrons. The number of ether oxygens (including phenoxy) is 3. The van der Waals surface area contributed by atoms with Gasteiger partial charge in [0.2, 0.25) is 0 Å². The topological polar surface area (TPSA) is 85.9 Å². The Bertz CT molecular complexity index is 1150. The van der Waals surface area contributed by atoms with Crippen molar-refractivity contribution in [3.8, 4) is 17.2 Å². The lowest BCUT2D eigenvalue weighted by Crippen LogP contribution is -2.30. The Morgan fingerprint density at radius 1 is 0.788 bits per heavy atom. The number of aryl methyl sites for hydroxylation is 1. The van der Waals surface area contributed by atoms with E-state index in [-0.39, 0.29) is 5.70 Å². The van der Waals surface area contributed by atoms with E-state index >= 15 is 0 Å². The van der Waals surface area contributed by atoms with Crippen LogP contribution in [-0.2, 0) is 4.79 Å². The van der Waals surface area contributed by atoms with Crippen LogP contribution >= 0.6 is 0 Å². The summed E-state index contributed by atoms with van der Waals surface area (Å²) < 4.78 is 15.8. The fraction of sp³-hybridized carbons (Fsp3) is 0.154. The summed E-state index contributed by atoms with van der Waals surface area (Å²) in [6.45, 7) is 1.94. The van der Waals surface area contributed by atoms with Crippen molar-refractivity contribution in [1.29, 1.82) is 0 Å². The highest BCUT2D eigenvalue weighted by molar-refractivity contribution is 6.10. The van der Waals surface area contributed by atoms with E-state index in [0.29, 0.717) is 34.1 Å². The van der Waals surface area contributed by atoms with E-state index in [1.807, 2.05) is 19.1 Å².